The second-order valence-corrected chi connectivity index (χ2v) is 6.29. The van der Waals surface area contributed by atoms with E-state index < -0.39 is 0 Å². The second kappa shape index (κ2) is 5.93. The average molecular weight is 309 g/mol. The predicted octanol–water partition coefficient (Wildman–Crippen LogP) is 6.19. The van der Waals surface area contributed by atoms with Crippen LogP contribution in [0.25, 0.3) is 33.3 Å². The van der Waals surface area contributed by atoms with Crippen molar-refractivity contribution in [1.29, 1.82) is 0 Å². The Kier molecular flexibility index (Phi) is 3.62. The average Bonchev–Trinajstić information content (AvgIpc) is 2.63. The fraction of sp³-hybridized carbons (Fsp3) is 0.0870. The third kappa shape index (κ3) is 2.69. The Morgan fingerprint density at radius 2 is 1.50 bits per heavy atom. The van der Waals surface area contributed by atoms with E-state index in [1.807, 2.05) is 12.1 Å². The number of aromatic nitrogens is 1. The molecule has 4 rings (SSSR count). The number of nitrogens with zero attached hydrogens (tertiary/aromatic N) is 1. The van der Waals surface area contributed by atoms with Crippen molar-refractivity contribution in [2.75, 3.05) is 0 Å². The zero-order valence-electron chi connectivity index (χ0n) is 14.0. The van der Waals surface area contributed by atoms with Gasteiger partial charge in [-0.3, -0.25) is 0 Å². The minimum atomic E-state index is 1.01. The molecule has 0 aliphatic heterocycles. The first kappa shape index (κ1) is 14.6. The maximum atomic E-state index is 4.82. The zero-order chi connectivity index (χ0) is 16.5. The van der Waals surface area contributed by atoms with Crippen molar-refractivity contribution >= 4 is 10.9 Å². The molecule has 1 nitrogen and oxygen atoms in total. The number of fused-ring (bicyclic) bond motifs is 1. The van der Waals surface area contributed by atoms with Crippen LogP contribution in [0.5, 0.6) is 0 Å². The quantitative estimate of drug-likeness (QED) is 0.430. The summed E-state index contributed by atoms with van der Waals surface area (Å²) in [6.07, 6.45) is 0. The lowest BCUT2D eigenvalue weighted by atomic mass is 9.96. The lowest BCUT2D eigenvalue weighted by molar-refractivity contribution is 1.38. The van der Waals surface area contributed by atoms with Crippen molar-refractivity contribution in [3.05, 3.63) is 90.0 Å². The van der Waals surface area contributed by atoms with Crippen LogP contribution in [0.15, 0.2) is 78.9 Å². The van der Waals surface area contributed by atoms with E-state index in [9.17, 15) is 0 Å². The molecular formula is C23H19N. The minimum Gasteiger partial charge on any atom is -0.248 e. The van der Waals surface area contributed by atoms with Crippen molar-refractivity contribution in [1.82, 2.24) is 4.98 Å². The van der Waals surface area contributed by atoms with Gasteiger partial charge in [0.2, 0.25) is 0 Å². The largest absolute Gasteiger partial charge is 0.248 e. The van der Waals surface area contributed by atoms with Crippen molar-refractivity contribution in [2.24, 2.45) is 0 Å². The van der Waals surface area contributed by atoms with E-state index >= 15 is 0 Å². The maximum Gasteiger partial charge on any atom is 0.0709 e. The standard InChI is InChI=1S/C23H19N/c1-16-10-11-17(2)21(14-16)19-7-5-8-20(15-19)23-13-12-18-6-3-4-9-22(18)24-23/h3-15H,1-2H3. The van der Waals surface area contributed by atoms with Gasteiger partial charge in [0.25, 0.3) is 0 Å². The highest BCUT2D eigenvalue weighted by molar-refractivity contribution is 5.82. The van der Waals surface area contributed by atoms with Gasteiger partial charge in [0.05, 0.1) is 11.2 Å². The van der Waals surface area contributed by atoms with Crippen molar-refractivity contribution in [2.45, 2.75) is 13.8 Å². The van der Waals surface area contributed by atoms with Gasteiger partial charge in [-0.15, -0.1) is 0 Å². The Labute approximate surface area is 142 Å². The molecule has 1 heterocycles. The number of aryl methyl sites for hydroxylation is 2. The Morgan fingerprint density at radius 1 is 0.667 bits per heavy atom. The van der Waals surface area contributed by atoms with Crippen LogP contribution in [0.2, 0.25) is 0 Å². The Morgan fingerprint density at radius 3 is 2.42 bits per heavy atom. The van der Waals surface area contributed by atoms with Gasteiger partial charge in [-0.25, -0.2) is 4.98 Å². The molecular weight excluding hydrogens is 290 g/mol. The van der Waals surface area contributed by atoms with Crippen molar-refractivity contribution in [3.63, 3.8) is 0 Å². The fourth-order valence-corrected chi connectivity index (χ4v) is 3.12. The Hall–Kier alpha value is -2.93. The Bertz CT molecular complexity index is 1030. The molecule has 0 aliphatic carbocycles. The van der Waals surface area contributed by atoms with Gasteiger partial charge in [0.15, 0.2) is 0 Å². The summed E-state index contributed by atoms with van der Waals surface area (Å²) < 4.78 is 0. The molecule has 0 bridgehead atoms. The summed E-state index contributed by atoms with van der Waals surface area (Å²) in [6.45, 7) is 4.30. The Balaban J connectivity index is 1.83. The van der Waals surface area contributed by atoms with E-state index in [4.69, 9.17) is 4.98 Å². The third-order valence-corrected chi connectivity index (χ3v) is 4.46. The van der Waals surface area contributed by atoms with Crippen molar-refractivity contribution < 1.29 is 0 Å². The van der Waals surface area contributed by atoms with E-state index in [-0.39, 0.29) is 0 Å². The summed E-state index contributed by atoms with van der Waals surface area (Å²) in [5.74, 6) is 0. The molecule has 24 heavy (non-hydrogen) atoms. The highest BCUT2D eigenvalue weighted by Gasteiger charge is 2.06. The van der Waals surface area contributed by atoms with E-state index in [0.29, 0.717) is 0 Å². The van der Waals surface area contributed by atoms with E-state index in [1.165, 1.54) is 27.6 Å². The fourth-order valence-electron chi connectivity index (χ4n) is 3.12. The first-order chi connectivity index (χ1) is 11.7. The summed E-state index contributed by atoms with van der Waals surface area (Å²) in [4.78, 5) is 4.82. The highest BCUT2D eigenvalue weighted by Crippen LogP contribution is 2.29. The summed E-state index contributed by atoms with van der Waals surface area (Å²) in [6, 6.07) is 27.7. The SMILES string of the molecule is Cc1ccc(C)c(-c2cccc(-c3ccc4ccccc4n3)c2)c1. The number of benzene rings is 3. The van der Waals surface area contributed by atoms with Crippen LogP contribution >= 0.6 is 0 Å². The summed E-state index contributed by atoms with van der Waals surface area (Å²) in [7, 11) is 0. The van der Waals surface area contributed by atoms with Gasteiger partial charge in [0.1, 0.15) is 0 Å². The van der Waals surface area contributed by atoms with Crippen LogP contribution in [0, 0.1) is 13.8 Å². The number of hydrogen-bond acceptors (Lipinski definition) is 1. The molecule has 0 spiro atoms. The second-order valence-electron chi connectivity index (χ2n) is 6.29. The molecule has 4 aromatic rings. The molecule has 0 amide bonds. The summed E-state index contributed by atoms with van der Waals surface area (Å²) in [5.41, 5.74) is 8.31. The van der Waals surface area contributed by atoms with Gasteiger partial charge >= 0.3 is 0 Å². The lowest BCUT2D eigenvalue weighted by Crippen LogP contribution is -1.88. The smallest absolute Gasteiger partial charge is 0.0709 e. The molecule has 0 radical (unpaired) electrons. The van der Waals surface area contributed by atoms with E-state index in [2.05, 4.69) is 80.6 Å². The van der Waals surface area contributed by atoms with E-state index in [0.717, 1.165) is 16.8 Å². The van der Waals surface area contributed by atoms with Crippen LogP contribution < -0.4 is 0 Å². The van der Waals surface area contributed by atoms with E-state index in [1.54, 1.807) is 0 Å². The summed E-state index contributed by atoms with van der Waals surface area (Å²) >= 11 is 0. The molecule has 0 fully saturated rings. The normalized spacial score (nSPS) is 10.9. The molecule has 0 unspecified atom stereocenters. The minimum absolute atomic E-state index is 1.01. The molecule has 1 heteroatoms. The molecule has 0 saturated heterocycles. The molecule has 0 N–H and O–H groups in total. The molecule has 0 aliphatic rings. The monoisotopic (exact) mass is 309 g/mol. The molecule has 3 aromatic carbocycles. The van der Waals surface area contributed by atoms with Crippen LogP contribution in [-0.4, -0.2) is 4.98 Å². The third-order valence-electron chi connectivity index (χ3n) is 4.46. The van der Waals surface area contributed by atoms with Gasteiger partial charge in [-0.05, 0) is 48.7 Å². The maximum absolute atomic E-state index is 4.82. The number of hydrogen-bond donors (Lipinski definition) is 0. The highest BCUT2D eigenvalue weighted by atomic mass is 14.7. The summed E-state index contributed by atoms with van der Waals surface area (Å²) in [5, 5.41) is 1.17. The van der Waals surface area contributed by atoms with Crippen LogP contribution in [-0.2, 0) is 0 Å². The van der Waals surface area contributed by atoms with Crippen molar-refractivity contribution in [3.8, 4) is 22.4 Å². The zero-order valence-corrected chi connectivity index (χ0v) is 14.0. The number of rotatable bonds is 2. The molecule has 116 valence electrons. The lowest BCUT2D eigenvalue weighted by Gasteiger charge is -2.10. The predicted molar refractivity (Wildman–Crippen MR) is 102 cm³/mol. The topological polar surface area (TPSA) is 12.9 Å². The molecule has 0 atom stereocenters. The number of pyridine rings is 1. The van der Waals surface area contributed by atoms with Gasteiger partial charge in [-0.1, -0.05) is 66.2 Å². The van der Waals surface area contributed by atoms with Crippen LogP contribution in [0.3, 0.4) is 0 Å². The first-order valence-corrected chi connectivity index (χ1v) is 8.24. The molecule has 1 aromatic heterocycles. The first-order valence-electron chi connectivity index (χ1n) is 8.24. The van der Waals surface area contributed by atoms with Gasteiger partial charge in [0, 0.05) is 10.9 Å². The van der Waals surface area contributed by atoms with Gasteiger partial charge in [-0.2, -0.15) is 0 Å². The number of para-hydroxylation sites is 1. The van der Waals surface area contributed by atoms with Gasteiger partial charge < -0.3 is 0 Å². The van der Waals surface area contributed by atoms with Crippen LogP contribution in [0.4, 0.5) is 0 Å². The van der Waals surface area contributed by atoms with Crippen LogP contribution in [0.1, 0.15) is 11.1 Å². The molecule has 0 saturated carbocycles.